The van der Waals surface area contributed by atoms with Gasteiger partial charge in [-0.2, -0.15) is 0 Å². The minimum absolute atomic E-state index is 0.0768. The van der Waals surface area contributed by atoms with E-state index in [1.54, 1.807) is 31.1 Å². The molecule has 8 nitrogen and oxygen atoms in total. The van der Waals surface area contributed by atoms with E-state index in [-0.39, 0.29) is 42.8 Å². The van der Waals surface area contributed by atoms with Crippen molar-refractivity contribution in [3.05, 3.63) is 83.9 Å². The van der Waals surface area contributed by atoms with Gasteiger partial charge in [-0.05, 0) is 41.4 Å². The number of amides is 2. The molecule has 0 aliphatic carbocycles. The van der Waals surface area contributed by atoms with Crippen molar-refractivity contribution >= 4 is 30.8 Å². The first-order valence-electron chi connectivity index (χ1n) is 14.8. The standard InChI is InChI=1S/C34H42N2O6Si/c1-23-32(43(5,6)27-15-12-25(40-3)13-16-27)30(21-31(38)36(18-19-37)22-24-10-8-7-9-11-24)42-34(23)28-20-26(41-4)14-17-29(28)35(2)33(34)39/h7-17,20,23,30,32,37H,18-19,21-22H2,1-6H3/t23-,30+,32-,34+/m1/s1. The molecule has 0 unspecified atom stereocenters. The number of aliphatic hydroxyl groups excluding tert-OH is 1. The number of methoxy groups -OCH3 is 2. The Morgan fingerprint density at radius 1 is 1.02 bits per heavy atom. The second-order valence-electron chi connectivity index (χ2n) is 12.1. The van der Waals surface area contributed by atoms with Crippen LogP contribution in [-0.4, -0.2) is 70.4 Å². The number of hydrogen-bond acceptors (Lipinski definition) is 6. The lowest BCUT2D eigenvalue weighted by Crippen LogP contribution is -2.52. The van der Waals surface area contributed by atoms with Gasteiger partial charge in [-0.15, -0.1) is 0 Å². The number of nitrogens with zero attached hydrogens (tertiary/aromatic N) is 2. The molecule has 0 bridgehead atoms. The van der Waals surface area contributed by atoms with Gasteiger partial charge >= 0.3 is 0 Å². The molecule has 2 heterocycles. The fourth-order valence-corrected chi connectivity index (χ4v) is 11.3. The van der Waals surface area contributed by atoms with E-state index in [1.165, 1.54) is 5.19 Å². The van der Waals surface area contributed by atoms with Crippen LogP contribution in [0.5, 0.6) is 11.5 Å². The summed E-state index contributed by atoms with van der Waals surface area (Å²) in [4.78, 5) is 31.6. The molecule has 0 saturated carbocycles. The Kier molecular flexibility index (Phi) is 8.69. The normalized spacial score (nSPS) is 23.0. The number of benzene rings is 3. The summed E-state index contributed by atoms with van der Waals surface area (Å²) in [5.41, 5.74) is 1.24. The molecule has 3 aromatic carbocycles. The second-order valence-corrected chi connectivity index (χ2v) is 16.8. The van der Waals surface area contributed by atoms with E-state index >= 15 is 0 Å². The fourth-order valence-electron chi connectivity index (χ4n) is 7.24. The molecule has 3 aromatic rings. The summed E-state index contributed by atoms with van der Waals surface area (Å²) in [6, 6.07) is 23.6. The average molecular weight is 603 g/mol. The number of rotatable bonds is 10. The Bertz CT molecular complexity index is 1460. The van der Waals surface area contributed by atoms with Crippen LogP contribution in [0.1, 0.15) is 24.5 Å². The maximum absolute atomic E-state index is 14.2. The van der Waals surface area contributed by atoms with Crippen molar-refractivity contribution in [2.45, 2.75) is 50.2 Å². The largest absolute Gasteiger partial charge is 0.497 e. The summed E-state index contributed by atoms with van der Waals surface area (Å²) >= 11 is 0. The van der Waals surface area contributed by atoms with Gasteiger partial charge in [0.05, 0.1) is 47.1 Å². The number of carbonyl (C=O) groups is 2. The van der Waals surface area contributed by atoms with E-state index in [0.717, 1.165) is 22.6 Å². The van der Waals surface area contributed by atoms with Gasteiger partial charge < -0.3 is 29.1 Å². The molecule has 1 spiro atoms. The molecule has 9 heteroatoms. The Morgan fingerprint density at radius 3 is 2.30 bits per heavy atom. The molecule has 0 aromatic heterocycles. The van der Waals surface area contributed by atoms with Crippen LogP contribution in [0.3, 0.4) is 0 Å². The minimum Gasteiger partial charge on any atom is -0.497 e. The van der Waals surface area contributed by atoms with Crippen molar-refractivity contribution in [1.82, 2.24) is 4.90 Å². The summed E-state index contributed by atoms with van der Waals surface area (Å²) in [5, 5.41) is 11.0. The molecule has 0 radical (unpaired) electrons. The third-order valence-corrected chi connectivity index (χ3v) is 13.8. The number of aliphatic hydroxyl groups is 1. The lowest BCUT2D eigenvalue weighted by atomic mass is 9.82. The Balaban J connectivity index is 1.57. The van der Waals surface area contributed by atoms with Crippen LogP contribution in [0.2, 0.25) is 18.6 Å². The van der Waals surface area contributed by atoms with Crippen LogP contribution in [-0.2, 0) is 26.5 Å². The van der Waals surface area contributed by atoms with Gasteiger partial charge in [-0.1, -0.05) is 67.7 Å². The monoisotopic (exact) mass is 602 g/mol. The van der Waals surface area contributed by atoms with E-state index < -0.39 is 19.8 Å². The van der Waals surface area contributed by atoms with Crippen LogP contribution >= 0.6 is 0 Å². The van der Waals surface area contributed by atoms with E-state index in [0.29, 0.717) is 12.3 Å². The zero-order valence-electron chi connectivity index (χ0n) is 25.9. The second kappa shape index (κ2) is 12.1. The zero-order chi connectivity index (χ0) is 30.9. The summed E-state index contributed by atoms with van der Waals surface area (Å²) < 4.78 is 18.0. The predicted octanol–water partition coefficient (Wildman–Crippen LogP) is 4.31. The molecule has 4 atom stereocenters. The van der Waals surface area contributed by atoms with Crippen LogP contribution in [0.4, 0.5) is 5.69 Å². The number of carbonyl (C=O) groups excluding carboxylic acids is 2. The first kappa shape index (κ1) is 30.8. The molecule has 1 saturated heterocycles. The lowest BCUT2D eigenvalue weighted by molar-refractivity contribution is -0.149. The van der Waals surface area contributed by atoms with Crippen LogP contribution in [0, 0.1) is 5.92 Å². The van der Waals surface area contributed by atoms with Gasteiger partial charge in [0.2, 0.25) is 5.91 Å². The highest BCUT2D eigenvalue weighted by Gasteiger charge is 2.66. The third kappa shape index (κ3) is 5.34. The number of anilines is 1. The van der Waals surface area contributed by atoms with Crippen molar-refractivity contribution in [1.29, 1.82) is 0 Å². The van der Waals surface area contributed by atoms with Gasteiger partial charge in [-0.25, -0.2) is 0 Å². The SMILES string of the molecule is COc1ccc([Si](C)(C)[C@H]2[C@H](CC(=O)N(CCO)Cc3ccccc3)O[C@@]3(C(=O)N(C)c4ccc(OC)cc43)[C@@H]2C)cc1. The molecule has 43 heavy (non-hydrogen) atoms. The summed E-state index contributed by atoms with van der Waals surface area (Å²) in [5.74, 6) is 0.969. The summed E-state index contributed by atoms with van der Waals surface area (Å²) in [6.07, 6.45) is -0.412. The van der Waals surface area contributed by atoms with Crippen molar-refractivity contribution in [3.63, 3.8) is 0 Å². The highest BCUT2D eigenvalue weighted by molar-refractivity contribution is 6.91. The molecular formula is C34H42N2O6Si. The lowest BCUT2D eigenvalue weighted by Gasteiger charge is -2.37. The van der Waals surface area contributed by atoms with Gasteiger partial charge in [0, 0.05) is 31.6 Å². The van der Waals surface area contributed by atoms with E-state index in [2.05, 4.69) is 32.2 Å². The van der Waals surface area contributed by atoms with Crippen LogP contribution in [0.15, 0.2) is 72.8 Å². The molecule has 2 aliphatic heterocycles. The van der Waals surface area contributed by atoms with E-state index in [4.69, 9.17) is 14.2 Å². The smallest absolute Gasteiger partial charge is 0.264 e. The molecule has 1 fully saturated rings. The van der Waals surface area contributed by atoms with Gasteiger partial charge in [-0.3, -0.25) is 9.59 Å². The summed E-state index contributed by atoms with van der Waals surface area (Å²) in [7, 11) is 2.65. The van der Waals surface area contributed by atoms with E-state index in [9.17, 15) is 14.7 Å². The van der Waals surface area contributed by atoms with Crippen molar-refractivity contribution in [2.75, 3.05) is 39.3 Å². The zero-order valence-corrected chi connectivity index (χ0v) is 26.9. The van der Waals surface area contributed by atoms with Crippen molar-refractivity contribution in [2.24, 2.45) is 5.92 Å². The van der Waals surface area contributed by atoms with Crippen LogP contribution < -0.4 is 19.6 Å². The van der Waals surface area contributed by atoms with Gasteiger partial charge in [0.25, 0.3) is 5.91 Å². The Labute approximate surface area is 255 Å². The molecule has 5 rings (SSSR count). The average Bonchev–Trinajstić information content (AvgIpc) is 3.43. The predicted molar refractivity (Wildman–Crippen MR) is 170 cm³/mol. The first-order valence-corrected chi connectivity index (χ1v) is 17.9. The van der Waals surface area contributed by atoms with Gasteiger partial charge in [0.1, 0.15) is 11.5 Å². The van der Waals surface area contributed by atoms with Gasteiger partial charge in [0.15, 0.2) is 5.60 Å². The highest BCUT2D eigenvalue weighted by atomic mass is 28.3. The molecule has 2 amide bonds. The number of ether oxygens (including phenoxy) is 3. The fraction of sp³-hybridized carbons (Fsp3) is 0.412. The Morgan fingerprint density at radius 2 is 1.67 bits per heavy atom. The topological polar surface area (TPSA) is 88.5 Å². The Hall–Kier alpha value is -3.66. The quantitative estimate of drug-likeness (QED) is 0.348. The summed E-state index contributed by atoms with van der Waals surface area (Å²) in [6.45, 7) is 7.15. The molecule has 2 aliphatic rings. The maximum Gasteiger partial charge on any atom is 0.264 e. The molecule has 1 N–H and O–H groups in total. The first-order chi connectivity index (χ1) is 20.6. The highest BCUT2D eigenvalue weighted by Crippen LogP contribution is 2.60. The van der Waals surface area contributed by atoms with Crippen molar-refractivity contribution in [3.8, 4) is 11.5 Å². The number of likely N-dealkylation sites (N-methyl/N-ethyl adjacent to an activating group) is 1. The molecular weight excluding hydrogens is 560 g/mol. The van der Waals surface area contributed by atoms with Crippen molar-refractivity contribution < 1.29 is 28.9 Å². The molecule has 228 valence electrons. The van der Waals surface area contributed by atoms with E-state index in [1.807, 2.05) is 60.7 Å². The maximum atomic E-state index is 14.2. The van der Waals surface area contributed by atoms with Crippen LogP contribution in [0.25, 0.3) is 0 Å². The number of hydrogen-bond donors (Lipinski definition) is 1. The number of fused-ring (bicyclic) bond motifs is 2. The third-order valence-electron chi connectivity index (χ3n) is 9.49. The minimum atomic E-state index is -2.39.